The highest BCUT2D eigenvalue weighted by atomic mass is 16.3. The number of fused-ring (bicyclic) bond motifs is 1. The van der Waals surface area contributed by atoms with E-state index in [-0.39, 0.29) is 23.0 Å². The van der Waals surface area contributed by atoms with Crippen LogP contribution in [0.25, 0.3) is 0 Å². The number of aromatic hydroxyl groups is 1. The van der Waals surface area contributed by atoms with E-state index in [1.54, 1.807) is 6.07 Å². The monoisotopic (exact) mass is 307 g/mol. The van der Waals surface area contributed by atoms with Crippen molar-refractivity contribution in [2.45, 2.75) is 37.0 Å². The molecule has 1 atom stereocenters. The van der Waals surface area contributed by atoms with E-state index in [1.165, 1.54) is 5.56 Å². The minimum Gasteiger partial charge on any atom is -0.508 e. The molecule has 2 aliphatic rings. The summed E-state index contributed by atoms with van der Waals surface area (Å²) in [4.78, 5) is 12.6. The molecule has 1 unspecified atom stereocenters. The Morgan fingerprint density at radius 3 is 2.65 bits per heavy atom. The summed E-state index contributed by atoms with van der Waals surface area (Å²) in [5, 5.41) is 13.2. The van der Waals surface area contributed by atoms with Gasteiger partial charge in [-0.25, -0.2) is 0 Å². The van der Waals surface area contributed by atoms with E-state index >= 15 is 0 Å². The molecule has 2 N–H and O–H groups in total. The number of carbonyl (C=O) groups is 1. The number of aryl methyl sites for hydroxylation is 1. The van der Waals surface area contributed by atoms with Gasteiger partial charge in [0, 0.05) is 17.5 Å². The van der Waals surface area contributed by atoms with Crippen LogP contribution in [0.1, 0.15) is 41.9 Å². The predicted molar refractivity (Wildman–Crippen MR) is 89.5 cm³/mol. The Morgan fingerprint density at radius 2 is 1.91 bits per heavy atom. The van der Waals surface area contributed by atoms with Crippen LogP contribution < -0.4 is 5.32 Å². The Bertz CT molecular complexity index is 735. The van der Waals surface area contributed by atoms with Crippen LogP contribution >= 0.6 is 0 Å². The van der Waals surface area contributed by atoms with Crippen LogP contribution in [0.5, 0.6) is 5.75 Å². The van der Waals surface area contributed by atoms with E-state index < -0.39 is 0 Å². The van der Waals surface area contributed by atoms with Gasteiger partial charge in [-0.15, -0.1) is 0 Å². The van der Waals surface area contributed by atoms with Gasteiger partial charge in [-0.2, -0.15) is 0 Å². The molecular weight excluding hydrogens is 286 g/mol. The topological polar surface area (TPSA) is 49.3 Å². The molecule has 23 heavy (non-hydrogen) atoms. The molecule has 3 heteroatoms. The van der Waals surface area contributed by atoms with Crippen molar-refractivity contribution >= 4 is 5.91 Å². The number of benzene rings is 2. The SMILES string of the molecule is O=C(NCC1(c2ccccc2)CC1)C1CCc2cccc(O)c21. The van der Waals surface area contributed by atoms with Gasteiger partial charge in [0.2, 0.25) is 5.91 Å². The normalized spacial score (nSPS) is 20.8. The number of amides is 1. The van der Waals surface area contributed by atoms with E-state index in [0.29, 0.717) is 6.54 Å². The number of hydrogen-bond donors (Lipinski definition) is 2. The summed E-state index contributed by atoms with van der Waals surface area (Å²) >= 11 is 0. The molecule has 0 bridgehead atoms. The van der Waals surface area contributed by atoms with Crippen molar-refractivity contribution in [3.05, 3.63) is 65.2 Å². The fraction of sp³-hybridized carbons (Fsp3) is 0.350. The molecule has 4 rings (SSSR count). The number of hydrogen-bond acceptors (Lipinski definition) is 2. The summed E-state index contributed by atoms with van der Waals surface area (Å²) in [7, 11) is 0. The first-order valence-electron chi connectivity index (χ1n) is 8.34. The summed E-state index contributed by atoms with van der Waals surface area (Å²) in [5.74, 6) is 0.0922. The first kappa shape index (κ1) is 14.3. The average molecular weight is 307 g/mol. The highest BCUT2D eigenvalue weighted by Crippen LogP contribution is 2.47. The van der Waals surface area contributed by atoms with Gasteiger partial charge in [-0.05, 0) is 42.9 Å². The fourth-order valence-electron chi connectivity index (χ4n) is 3.82. The summed E-state index contributed by atoms with van der Waals surface area (Å²) in [6, 6.07) is 16.0. The number of rotatable bonds is 4. The second-order valence-corrected chi connectivity index (χ2v) is 6.81. The summed E-state index contributed by atoms with van der Waals surface area (Å²) in [5.41, 5.74) is 3.37. The van der Waals surface area contributed by atoms with Crippen LogP contribution in [-0.2, 0) is 16.6 Å². The number of carbonyl (C=O) groups excluding carboxylic acids is 1. The van der Waals surface area contributed by atoms with Crippen molar-refractivity contribution in [2.75, 3.05) is 6.54 Å². The summed E-state index contributed by atoms with van der Waals surface area (Å²) < 4.78 is 0. The number of phenolic OH excluding ortho intramolecular Hbond substituents is 1. The molecule has 1 amide bonds. The molecule has 0 aromatic heterocycles. The maximum atomic E-state index is 12.6. The first-order valence-corrected chi connectivity index (χ1v) is 8.34. The zero-order valence-electron chi connectivity index (χ0n) is 13.1. The minimum atomic E-state index is -0.210. The third-order valence-corrected chi connectivity index (χ3v) is 5.38. The Balaban J connectivity index is 1.47. The maximum Gasteiger partial charge on any atom is 0.227 e. The van der Waals surface area contributed by atoms with Crippen LogP contribution in [0.2, 0.25) is 0 Å². The van der Waals surface area contributed by atoms with E-state index in [4.69, 9.17) is 0 Å². The Morgan fingerprint density at radius 1 is 1.13 bits per heavy atom. The van der Waals surface area contributed by atoms with Crippen molar-refractivity contribution in [3.8, 4) is 5.75 Å². The highest BCUT2D eigenvalue weighted by molar-refractivity contribution is 5.86. The van der Waals surface area contributed by atoms with Crippen molar-refractivity contribution in [3.63, 3.8) is 0 Å². The van der Waals surface area contributed by atoms with Gasteiger partial charge in [0.05, 0.1) is 5.92 Å². The van der Waals surface area contributed by atoms with Crippen LogP contribution in [-0.4, -0.2) is 17.6 Å². The summed E-state index contributed by atoms with van der Waals surface area (Å²) in [6.07, 6.45) is 3.91. The molecule has 2 aliphatic carbocycles. The minimum absolute atomic E-state index is 0.0486. The van der Waals surface area contributed by atoms with Gasteiger partial charge < -0.3 is 10.4 Å². The van der Waals surface area contributed by atoms with Gasteiger partial charge in [0.1, 0.15) is 5.75 Å². The van der Waals surface area contributed by atoms with Crippen molar-refractivity contribution in [1.82, 2.24) is 5.32 Å². The molecular formula is C20H21NO2. The third kappa shape index (κ3) is 2.50. The molecule has 2 aromatic carbocycles. The zero-order valence-corrected chi connectivity index (χ0v) is 13.1. The molecule has 0 aliphatic heterocycles. The van der Waals surface area contributed by atoms with E-state index in [9.17, 15) is 9.90 Å². The Labute approximate surface area is 136 Å². The molecule has 1 saturated carbocycles. The second kappa shape index (κ2) is 5.41. The lowest BCUT2D eigenvalue weighted by Gasteiger charge is -2.19. The van der Waals surface area contributed by atoms with E-state index in [2.05, 4.69) is 29.6 Å². The molecule has 2 aromatic rings. The van der Waals surface area contributed by atoms with Gasteiger partial charge in [-0.3, -0.25) is 4.79 Å². The number of nitrogens with one attached hydrogen (secondary N) is 1. The largest absolute Gasteiger partial charge is 0.508 e. The molecule has 118 valence electrons. The third-order valence-electron chi connectivity index (χ3n) is 5.38. The number of phenols is 1. The molecule has 0 radical (unpaired) electrons. The lowest BCUT2D eigenvalue weighted by atomic mass is 9.95. The molecule has 0 spiro atoms. The van der Waals surface area contributed by atoms with Crippen LogP contribution in [0, 0.1) is 0 Å². The van der Waals surface area contributed by atoms with Gasteiger partial charge >= 0.3 is 0 Å². The fourth-order valence-corrected chi connectivity index (χ4v) is 3.82. The summed E-state index contributed by atoms with van der Waals surface area (Å²) in [6.45, 7) is 0.690. The van der Waals surface area contributed by atoms with Crippen LogP contribution in [0.3, 0.4) is 0 Å². The first-order chi connectivity index (χ1) is 11.2. The standard InChI is InChI=1S/C20H21NO2/c22-17-8-4-5-14-9-10-16(18(14)17)19(23)21-13-20(11-12-20)15-6-2-1-3-7-15/h1-8,16,22H,9-13H2,(H,21,23). The average Bonchev–Trinajstić information content (AvgIpc) is 3.25. The Hall–Kier alpha value is -2.29. The quantitative estimate of drug-likeness (QED) is 0.911. The van der Waals surface area contributed by atoms with Crippen LogP contribution in [0.15, 0.2) is 48.5 Å². The lowest BCUT2D eigenvalue weighted by molar-refractivity contribution is -0.122. The van der Waals surface area contributed by atoms with Crippen LogP contribution in [0.4, 0.5) is 0 Å². The van der Waals surface area contributed by atoms with E-state index in [1.807, 2.05) is 18.2 Å². The molecule has 0 heterocycles. The predicted octanol–water partition coefficient (Wildman–Crippen LogP) is 3.27. The van der Waals surface area contributed by atoms with Crippen molar-refractivity contribution in [2.24, 2.45) is 0 Å². The second-order valence-electron chi connectivity index (χ2n) is 6.81. The highest BCUT2D eigenvalue weighted by Gasteiger charge is 2.44. The van der Waals surface area contributed by atoms with E-state index in [0.717, 1.165) is 36.8 Å². The smallest absolute Gasteiger partial charge is 0.227 e. The van der Waals surface area contributed by atoms with Crippen molar-refractivity contribution < 1.29 is 9.90 Å². The molecule has 0 saturated heterocycles. The van der Waals surface area contributed by atoms with Gasteiger partial charge in [-0.1, -0.05) is 42.5 Å². The molecule has 3 nitrogen and oxygen atoms in total. The molecule has 1 fully saturated rings. The van der Waals surface area contributed by atoms with Gasteiger partial charge in [0.15, 0.2) is 0 Å². The Kier molecular flexibility index (Phi) is 3.37. The maximum absolute atomic E-state index is 12.6. The van der Waals surface area contributed by atoms with Gasteiger partial charge in [0.25, 0.3) is 0 Å². The lowest BCUT2D eigenvalue weighted by Crippen LogP contribution is -2.35. The zero-order chi connectivity index (χ0) is 15.9. The van der Waals surface area contributed by atoms with Crippen molar-refractivity contribution in [1.29, 1.82) is 0 Å².